The largest absolute Gasteiger partial charge is 0.457 e. The molecular formula is C20H19NO3. The van der Waals surface area contributed by atoms with Crippen LogP contribution in [0.4, 0.5) is 0 Å². The number of carbonyl (C=O) groups excluding carboxylic acids is 2. The SMILES string of the molecule is CC(=O)N/C(=C\c1ccccc1)C(=O)OC/C=C/c1ccccc1. The van der Waals surface area contributed by atoms with Crippen molar-refractivity contribution in [3.05, 3.63) is 83.6 Å². The minimum Gasteiger partial charge on any atom is -0.457 e. The molecule has 0 atom stereocenters. The first-order chi connectivity index (χ1) is 11.6. The van der Waals surface area contributed by atoms with Crippen molar-refractivity contribution in [1.29, 1.82) is 0 Å². The Kier molecular flexibility index (Phi) is 6.53. The van der Waals surface area contributed by atoms with E-state index in [4.69, 9.17) is 4.74 Å². The number of carbonyl (C=O) groups is 2. The van der Waals surface area contributed by atoms with Crippen LogP contribution < -0.4 is 5.32 Å². The Bertz CT molecular complexity index is 734. The van der Waals surface area contributed by atoms with E-state index in [9.17, 15) is 9.59 Å². The monoisotopic (exact) mass is 321 g/mol. The van der Waals surface area contributed by atoms with Gasteiger partial charge >= 0.3 is 5.97 Å². The zero-order chi connectivity index (χ0) is 17.2. The maximum absolute atomic E-state index is 12.2. The van der Waals surface area contributed by atoms with Crippen LogP contribution in [0.5, 0.6) is 0 Å². The zero-order valence-electron chi connectivity index (χ0n) is 13.4. The maximum atomic E-state index is 12.2. The van der Waals surface area contributed by atoms with E-state index < -0.39 is 5.97 Å². The highest BCUT2D eigenvalue weighted by molar-refractivity contribution is 5.97. The van der Waals surface area contributed by atoms with E-state index in [1.54, 1.807) is 12.2 Å². The van der Waals surface area contributed by atoms with Crippen molar-refractivity contribution in [2.24, 2.45) is 0 Å². The van der Waals surface area contributed by atoms with Crippen molar-refractivity contribution in [3.63, 3.8) is 0 Å². The molecule has 0 aliphatic rings. The Hall–Kier alpha value is -3.14. The summed E-state index contributed by atoms with van der Waals surface area (Å²) in [4.78, 5) is 23.4. The number of ether oxygens (including phenoxy) is 1. The lowest BCUT2D eigenvalue weighted by atomic mass is 10.2. The summed E-state index contributed by atoms with van der Waals surface area (Å²) in [5.74, 6) is -0.902. The molecule has 0 aromatic heterocycles. The van der Waals surface area contributed by atoms with Gasteiger partial charge in [-0.05, 0) is 23.3 Å². The minimum absolute atomic E-state index is 0.113. The molecule has 0 radical (unpaired) electrons. The van der Waals surface area contributed by atoms with Gasteiger partial charge in [-0.3, -0.25) is 4.79 Å². The van der Waals surface area contributed by atoms with E-state index in [0.717, 1.165) is 11.1 Å². The number of hydrogen-bond donors (Lipinski definition) is 1. The Labute approximate surface area is 141 Å². The third-order valence-electron chi connectivity index (χ3n) is 3.06. The molecule has 1 amide bonds. The summed E-state index contributed by atoms with van der Waals surface area (Å²) >= 11 is 0. The third kappa shape index (κ3) is 5.93. The predicted octanol–water partition coefficient (Wildman–Crippen LogP) is 3.42. The molecule has 2 aromatic carbocycles. The van der Waals surface area contributed by atoms with Crippen molar-refractivity contribution in [3.8, 4) is 0 Å². The van der Waals surface area contributed by atoms with Gasteiger partial charge in [0.2, 0.25) is 5.91 Å². The van der Waals surface area contributed by atoms with E-state index >= 15 is 0 Å². The van der Waals surface area contributed by atoms with Crippen LogP contribution in [0, 0.1) is 0 Å². The van der Waals surface area contributed by atoms with E-state index in [-0.39, 0.29) is 18.2 Å². The molecule has 2 aromatic rings. The molecule has 0 bridgehead atoms. The van der Waals surface area contributed by atoms with Crippen LogP contribution in [-0.4, -0.2) is 18.5 Å². The number of nitrogens with one attached hydrogen (secondary N) is 1. The second kappa shape index (κ2) is 9.10. The summed E-state index contributed by atoms with van der Waals surface area (Å²) < 4.78 is 5.19. The highest BCUT2D eigenvalue weighted by Crippen LogP contribution is 2.07. The molecule has 2 rings (SSSR count). The van der Waals surface area contributed by atoms with Crippen molar-refractivity contribution >= 4 is 24.0 Å². The van der Waals surface area contributed by atoms with Gasteiger partial charge in [0.05, 0.1) is 0 Å². The van der Waals surface area contributed by atoms with E-state index in [2.05, 4.69) is 5.32 Å². The Morgan fingerprint density at radius 3 is 2.12 bits per heavy atom. The van der Waals surface area contributed by atoms with Crippen LogP contribution in [-0.2, 0) is 14.3 Å². The summed E-state index contributed by atoms with van der Waals surface area (Å²) in [6, 6.07) is 19.0. The quantitative estimate of drug-likeness (QED) is 0.655. The molecule has 0 heterocycles. The van der Waals surface area contributed by atoms with Gasteiger partial charge < -0.3 is 10.1 Å². The van der Waals surface area contributed by atoms with Gasteiger partial charge in [0, 0.05) is 6.92 Å². The fourth-order valence-electron chi connectivity index (χ4n) is 2.00. The topological polar surface area (TPSA) is 55.4 Å². The lowest BCUT2D eigenvalue weighted by Gasteiger charge is -2.07. The van der Waals surface area contributed by atoms with Crippen LogP contribution in [0.3, 0.4) is 0 Å². The average molecular weight is 321 g/mol. The fourth-order valence-corrected chi connectivity index (χ4v) is 2.00. The predicted molar refractivity (Wildman–Crippen MR) is 94.7 cm³/mol. The Morgan fingerprint density at radius 2 is 1.54 bits per heavy atom. The second-order valence-electron chi connectivity index (χ2n) is 5.06. The Balaban J connectivity index is 1.99. The lowest BCUT2D eigenvalue weighted by Crippen LogP contribution is -2.26. The van der Waals surface area contributed by atoms with Crippen molar-refractivity contribution in [1.82, 2.24) is 5.32 Å². The fraction of sp³-hybridized carbons (Fsp3) is 0.100. The van der Waals surface area contributed by atoms with Gasteiger partial charge in [-0.25, -0.2) is 4.79 Å². The number of esters is 1. The Morgan fingerprint density at radius 1 is 0.958 bits per heavy atom. The van der Waals surface area contributed by atoms with Gasteiger partial charge in [0.25, 0.3) is 0 Å². The van der Waals surface area contributed by atoms with E-state index in [1.165, 1.54) is 6.92 Å². The summed E-state index contributed by atoms with van der Waals surface area (Å²) in [5.41, 5.74) is 1.94. The van der Waals surface area contributed by atoms with Crippen LogP contribution in [0.25, 0.3) is 12.2 Å². The zero-order valence-corrected chi connectivity index (χ0v) is 13.4. The molecule has 0 saturated carbocycles. The minimum atomic E-state index is -0.577. The standard InChI is InChI=1S/C20H19NO3/c1-16(22)21-19(15-18-11-6-3-7-12-18)20(23)24-14-8-13-17-9-4-2-5-10-17/h2-13,15H,14H2,1H3,(H,21,22)/b13-8+,19-15-. The van der Waals surface area contributed by atoms with Gasteiger partial charge in [-0.1, -0.05) is 66.7 Å². The molecule has 24 heavy (non-hydrogen) atoms. The molecule has 0 spiro atoms. The smallest absolute Gasteiger partial charge is 0.355 e. The molecule has 4 nitrogen and oxygen atoms in total. The van der Waals surface area contributed by atoms with Crippen LogP contribution in [0.1, 0.15) is 18.1 Å². The third-order valence-corrected chi connectivity index (χ3v) is 3.06. The van der Waals surface area contributed by atoms with Gasteiger partial charge in [-0.15, -0.1) is 0 Å². The molecule has 0 unspecified atom stereocenters. The molecule has 0 aliphatic carbocycles. The van der Waals surface area contributed by atoms with E-state index in [0.29, 0.717) is 0 Å². The van der Waals surface area contributed by atoms with Gasteiger partial charge in [-0.2, -0.15) is 0 Å². The van der Waals surface area contributed by atoms with Crippen LogP contribution in [0.15, 0.2) is 72.4 Å². The van der Waals surface area contributed by atoms with Gasteiger partial charge in [0.15, 0.2) is 0 Å². The molecule has 1 N–H and O–H groups in total. The highest BCUT2D eigenvalue weighted by Gasteiger charge is 2.12. The summed E-state index contributed by atoms with van der Waals surface area (Å²) in [6.45, 7) is 1.47. The van der Waals surface area contributed by atoms with E-state index in [1.807, 2.05) is 66.7 Å². The number of benzene rings is 2. The molecule has 0 aliphatic heterocycles. The van der Waals surface area contributed by atoms with Crippen LogP contribution in [0.2, 0.25) is 0 Å². The molecular weight excluding hydrogens is 302 g/mol. The van der Waals surface area contributed by atoms with Crippen molar-refractivity contribution in [2.75, 3.05) is 6.61 Å². The lowest BCUT2D eigenvalue weighted by molar-refractivity contribution is -0.139. The highest BCUT2D eigenvalue weighted by atomic mass is 16.5. The molecule has 0 saturated heterocycles. The summed E-state index contributed by atoms with van der Waals surface area (Å²) in [5, 5.41) is 2.51. The summed E-state index contributed by atoms with van der Waals surface area (Å²) in [6.07, 6.45) is 5.21. The van der Waals surface area contributed by atoms with Crippen LogP contribution >= 0.6 is 0 Å². The van der Waals surface area contributed by atoms with Crippen molar-refractivity contribution < 1.29 is 14.3 Å². The summed E-state index contributed by atoms with van der Waals surface area (Å²) in [7, 11) is 0. The second-order valence-corrected chi connectivity index (χ2v) is 5.06. The first-order valence-corrected chi connectivity index (χ1v) is 7.58. The molecule has 0 fully saturated rings. The molecule has 4 heteroatoms. The number of amides is 1. The molecule has 122 valence electrons. The first kappa shape index (κ1) is 17.2. The average Bonchev–Trinajstić information content (AvgIpc) is 2.59. The normalized spacial score (nSPS) is 11.3. The maximum Gasteiger partial charge on any atom is 0.355 e. The number of hydrogen-bond acceptors (Lipinski definition) is 3. The van der Waals surface area contributed by atoms with Crippen molar-refractivity contribution in [2.45, 2.75) is 6.92 Å². The first-order valence-electron chi connectivity index (χ1n) is 7.58. The van der Waals surface area contributed by atoms with Gasteiger partial charge in [0.1, 0.15) is 12.3 Å². The number of rotatable bonds is 6.